The van der Waals surface area contributed by atoms with Gasteiger partial charge in [0.2, 0.25) is 10.0 Å². The SMILES string of the molecule is CCCCC(C)NS(=O)(=O)c1ccc(Br)c(C(=O)O)c1. The normalized spacial score (nSPS) is 13.2. The molecule has 0 saturated carbocycles. The number of nitrogens with one attached hydrogen (secondary N) is 1. The molecule has 0 amide bonds. The summed E-state index contributed by atoms with van der Waals surface area (Å²) in [6.45, 7) is 3.83. The number of carboxylic acids is 1. The Morgan fingerprint density at radius 2 is 2.10 bits per heavy atom. The molecule has 1 atom stereocenters. The molecule has 1 aromatic carbocycles. The number of benzene rings is 1. The smallest absolute Gasteiger partial charge is 0.336 e. The molecule has 0 fully saturated rings. The second kappa shape index (κ2) is 7.19. The molecule has 1 rings (SSSR count). The van der Waals surface area contributed by atoms with Crippen molar-refractivity contribution in [2.24, 2.45) is 0 Å². The van der Waals surface area contributed by atoms with E-state index in [1.165, 1.54) is 12.1 Å². The van der Waals surface area contributed by atoms with Gasteiger partial charge in [0.1, 0.15) is 0 Å². The van der Waals surface area contributed by atoms with Crippen LogP contribution in [0.3, 0.4) is 0 Å². The number of halogens is 1. The molecule has 0 aliphatic rings. The lowest BCUT2D eigenvalue weighted by atomic mass is 10.2. The van der Waals surface area contributed by atoms with Gasteiger partial charge >= 0.3 is 5.97 Å². The Morgan fingerprint density at radius 1 is 1.45 bits per heavy atom. The second-order valence-corrected chi connectivity index (χ2v) is 7.18. The highest BCUT2D eigenvalue weighted by Crippen LogP contribution is 2.21. The number of carboxylic acid groups (broad SMARTS) is 1. The Kier molecular flexibility index (Phi) is 6.16. The standard InChI is InChI=1S/C13H18BrNO4S/c1-3-4-5-9(2)15-20(18,19)10-6-7-12(14)11(8-10)13(16)17/h6-9,15H,3-5H2,1-2H3,(H,16,17). The molecule has 112 valence electrons. The van der Waals surface area contributed by atoms with Crippen LogP contribution in [0.25, 0.3) is 0 Å². The summed E-state index contributed by atoms with van der Waals surface area (Å²) < 4.78 is 27.3. The second-order valence-electron chi connectivity index (χ2n) is 4.61. The molecule has 0 saturated heterocycles. The van der Waals surface area contributed by atoms with Crippen LogP contribution in [-0.4, -0.2) is 25.5 Å². The van der Waals surface area contributed by atoms with E-state index in [1.807, 2.05) is 6.92 Å². The Hall–Kier alpha value is -0.920. The van der Waals surface area contributed by atoms with Crippen molar-refractivity contribution in [3.05, 3.63) is 28.2 Å². The van der Waals surface area contributed by atoms with Crippen molar-refractivity contribution in [3.63, 3.8) is 0 Å². The Morgan fingerprint density at radius 3 is 2.65 bits per heavy atom. The third-order valence-electron chi connectivity index (χ3n) is 2.83. The van der Waals surface area contributed by atoms with Crippen LogP contribution in [0.15, 0.2) is 27.6 Å². The minimum Gasteiger partial charge on any atom is -0.478 e. The first-order chi connectivity index (χ1) is 9.27. The molecule has 0 radical (unpaired) electrons. The van der Waals surface area contributed by atoms with Crippen molar-refractivity contribution < 1.29 is 18.3 Å². The van der Waals surface area contributed by atoms with E-state index in [-0.39, 0.29) is 16.5 Å². The summed E-state index contributed by atoms with van der Waals surface area (Å²) in [5.74, 6) is -1.17. The van der Waals surface area contributed by atoms with Crippen LogP contribution >= 0.6 is 15.9 Å². The minimum atomic E-state index is -3.70. The van der Waals surface area contributed by atoms with Gasteiger partial charge in [-0.1, -0.05) is 19.8 Å². The molecule has 5 nitrogen and oxygen atoms in total. The van der Waals surface area contributed by atoms with E-state index in [1.54, 1.807) is 6.92 Å². The van der Waals surface area contributed by atoms with Gasteiger partial charge in [-0.2, -0.15) is 0 Å². The van der Waals surface area contributed by atoms with Crippen molar-refractivity contribution in [2.45, 2.75) is 44.0 Å². The van der Waals surface area contributed by atoms with E-state index in [0.29, 0.717) is 4.47 Å². The van der Waals surface area contributed by atoms with Gasteiger partial charge in [-0.25, -0.2) is 17.9 Å². The summed E-state index contributed by atoms with van der Waals surface area (Å²) >= 11 is 3.09. The number of sulfonamides is 1. The van der Waals surface area contributed by atoms with Gasteiger partial charge in [-0.05, 0) is 47.5 Å². The molecule has 20 heavy (non-hydrogen) atoms. The highest BCUT2D eigenvalue weighted by atomic mass is 79.9. The summed E-state index contributed by atoms with van der Waals surface area (Å²) in [4.78, 5) is 11.0. The largest absolute Gasteiger partial charge is 0.478 e. The molecule has 0 spiro atoms. The fourth-order valence-corrected chi connectivity index (χ4v) is 3.46. The highest BCUT2D eigenvalue weighted by molar-refractivity contribution is 9.10. The lowest BCUT2D eigenvalue weighted by Crippen LogP contribution is -2.32. The molecular formula is C13H18BrNO4S. The van der Waals surface area contributed by atoms with Gasteiger partial charge in [0.15, 0.2) is 0 Å². The molecule has 1 aromatic rings. The molecule has 0 aromatic heterocycles. The van der Waals surface area contributed by atoms with E-state index >= 15 is 0 Å². The summed E-state index contributed by atoms with van der Waals surface area (Å²) in [7, 11) is -3.70. The highest BCUT2D eigenvalue weighted by Gasteiger charge is 2.20. The number of carbonyl (C=O) groups is 1. The summed E-state index contributed by atoms with van der Waals surface area (Å²) in [5, 5.41) is 9.01. The van der Waals surface area contributed by atoms with Crippen LogP contribution in [-0.2, 0) is 10.0 Å². The predicted molar refractivity (Wildman–Crippen MR) is 80.4 cm³/mol. The molecular weight excluding hydrogens is 346 g/mol. The lowest BCUT2D eigenvalue weighted by Gasteiger charge is -2.14. The van der Waals surface area contributed by atoms with Crippen LogP contribution < -0.4 is 4.72 Å². The van der Waals surface area contributed by atoms with Crippen molar-refractivity contribution >= 4 is 31.9 Å². The summed E-state index contributed by atoms with van der Waals surface area (Å²) in [5.41, 5.74) is -0.0749. The maximum atomic E-state index is 12.2. The van der Waals surface area contributed by atoms with Gasteiger partial charge in [0, 0.05) is 10.5 Å². The van der Waals surface area contributed by atoms with Crippen molar-refractivity contribution in [3.8, 4) is 0 Å². The fraction of sp³-hybridized carbons (Fsp3) is 0.462. The quantitative estimate of drug-likeness (QED) is 0.779. The van der Waals surface area contributed by atoms with Gasteiger partial charge in [0.25, 0.3) is 0 Å². The minimum absolute atomic E-state index is 0.0403. The Balaban J connectivity index is 2.98. The number of hydrogen-bond acceptors (Lipinski definition) is 3. The lowest BCUT2D eigenvalue weighted by molar-refractivity contribution is 0.0695. The number of aromatic carboxylic acids is 1. The van der Waals surface area contributed by atoms with Gasteiger partial charge in [-0.3, -0.25) is 0 Å². The third kappa shape index (κ3) is 4.57. The number of rotatable bonds is 7. The third-order valence-corrected chi connectivity index (χ3v) is 5.10. The van der Waals surface area contributed by atoms with Crippen LogP contribution in [0.4, 0.5) is 0 Å². The van der Waals surface area contributed by atoms with Gasteiger partial charge in [-0.15, -0.1) is 0 Å². The van der Waals surface area contributed by atoms with E-state index in [0.717, 1.165) is 25.3 Å². The fourth-order valence-electron chi connectivity index (χ4n) is 1.74. The molecule has 1 unspecified atom stereocenters. The summed E-state index contributed by atoms with van der Waals surface area (Å²) in [6.07, 6.45) is 2.68. The Bertz CT molecular complexity index is 586. The van der Waals surface area contributed by atoms with Crippen molar-refractivity contribution in [2.75, 3.05) is 0 Å². The topological polar surface area (TPSA) is 83.5 Å². The molecule has 0 aliphatic heterocycles. The molecule has 7 heteroatoms. The van der Waals surface area contributed by atoms with E-state index in [9.17, 15) is 13.2 Å². The monoisotopic (exact) mass is 363 g/mol. The van der Waals surface area contributed by atoms with Crippen LogP contribution in [0.2, 0.25) is 0 Å². The maximum absolute atomic E-state index is 12.2. The average molecular weight is 364 g/mol. The maximum Gasteiger partial charge on any atom is 0.336 e. The van der Waals surface area contributed by atoms with E-state index in [4.69, 9.17) is 5.11 Å². The first-order valence-electron chi connectivity index (χ1n) is 6.33. The number of hydrogen-bond donors (Lipinski definition) is 2. The molecule has 0 bridgehead atoms. The summed E-state index contributed by atoms with van der Waals surface area (Å²) in [6, 6.07) is 3.78. The average Bonchev–Trinajstić information content (AvgIpc) is 2.35. The molecule has 0 aliphatic carbocycles. The predicted octanol–water partition coefficient (Wildman–Crippen LogP) is 3.00. The first kappa shape index (κ1) is 17.1. The zero-order valence-electron chi connectivity index (χ0n) is 11.4. The molecule has 2 N–H and O–H groups in total. The van der Waals surface area contributed by atoms with Gasteiger partial charge in [0.05, 0.1) is 10.5 Å². The van der Waals surface area contributed by atoms with Crippen LogP contribution in [0, 0.1) is 0 Å². The molecule has 0 heterocycles. The first-order valence-corrected chi connectivity index (χ1v) is 8.60. The Labute approximate surface area is 127 Å². The van der Waals surface area contributed by atoms with Crippen molar-refractivity contribution in [1.29, 1.82) is 0 Å². The van der Waals surface area contributed by atoms with E-state index < -0.39 is 16.0 Å². The van der Waals surface area contributed by atoms with Crippen molar-refractivity contribution in [1.82, 2.24) is 4.72 Å². The number of unbranched alkanes of at least 4 members (excludes halogenated alkanes) is 1. The van der Waals surface area contributed by atoms with E-state index in [2.05, 4.69) is 20.7 Å². The van der Waals surface area contributed by atoms with Crippen LogP contribution in [0.5, 0.6) is 0 Å². The van der Waals surface area contributed by atoms with Crippen LogP contribution in [0.1, 0.15) is 43.5 Å². The zero-order chi connectivity index (χ0) is 15.3. The zero-order valence-corrected chi connectivity index (χ0v) is 13.8. The van der Waals surface area contributed by atoms with Gasteiger partial charge < -0.3 is 5.11 Å².